The fourth-order valence-electron chi connectivity index (χ4n) is 1.29. The molecule has 17 heavy (non-hydrogen) atoms. The molecule has 0 bridgehead atoms. The van der Waals surface area contributed by atoms with Crippen LogP contribution in [0.4, 0.5) is 0 Å². The second-order valence-corrected chi connectivity index (χ2v) is 4.54. The lowest BCUT2D eigenvalue weighted by molar-refractivity contribution is -0.143. The molecule has 1 rings (SSSR count). The van der Waals surface area contributed by atoms with Crippen molar-refractivity contribution in [1.29, 1.82) is 0 Å². The van der Waals surface area contributed by atoms with Gasteiger partial charge in [-0.1, -0.05) is 11.8 Å². The Kier molecular flexibility index (Phi) is 5.93. The number of methoxy groups -OCH3 is 1. The van der Waals surface area contributed by atoms with Crippen LogP contribution in [0.2, 0.25) is 0 Å². The summed E-state index contributed by atoms with van der Waals surface area (Å²) in [5.41, 5.74) is 0.945. The van der Waals surface area contributed by atoms with Crippen LogP contribution in [0.15, 0.2) is 17.4 Å². The summed E-state index contributed by atoms with van der Waals surface area (Å²) < 4.78 is 4.68. The van der Waals surface area contributed by atoms with Crippen molar-refractivity contribution in [2.24, 2.45) is 0 Å². The van der Waals surface area contributed by atoms with Gasteiger partial charge >= 0.3 is 5.97 Å². The fourth-order valence-corrected chi connectivity index (χ4v) is 2.17. The number of aromatic nitrogens is 2. The van der Waals surface area contributed by atoms with Gasteiger partial charge in [0.25, 0.3) is 0 Å². The van der Waals surface area contributed by atoms with Crippen molar-refractivity contribution in [3.63, 3.8) is 0 Å². The standard InChI is InChI=1S/C11H17N3O2S/c1-8-4-6-13-11(14-8)17-7-5-9(12-2)10(15)16-3/h4,6,9,12H,5,7H2,1-3H3. The van der Waals surface area contributed by atoms with E-state index in [1.807, 2.05) is 13.0 Å². The van der Waals surface area contributed by atoms with E-state index in [1.165, 1.54) is 18.9 Å². The lowest BCUT2D eigenvalue weighted by Crippen LogP contribution is -2.35. The van der Waals surface area contributed by atoms with Gasteiger partial charge in [0.05, 0.1) is 7.11 Å². The van der Waals surface area contributed by atoms with Crippen molar-refractivity contribution in [3.05, 3.63) is 18.0 Å². The average Bonchev–Trinajstić information content (AvgIpc) is 2.34. The van der Waals surface area contributed by atoms with Gasteiger partial charge in [0, 0.05) is 17.6 Å². The van der Waals surface area contributed by atoms with E-state index in [0.717, 1.165) is 16.6 Å². The molecule has 0 aliphatic carbocycles. The minimum absolute atomic E-state index is 0.238. The smallest absolute Gasteiger partial charge is 0.322 e. The Morgan fingerprint density at radius 1 is 1.65 bits per heavy atom. The molecule has 0 radical (unpaired) electrons. The van der Waals surface area contributed by atoms with Gasteiger partial charge in [0.15, 0.2) is 5.16 Å². The molecule has 1 heterocycles. The molecule has 1 aromatic rings. The Bertz CT molecular complexity index is 373. The predicted octanol–water partition coefficient (Wildman–Crippen LogP) is 1.03. The maximum absolute atomic E-state index is 11.3. The SMILES string of the molecule is CNC(CCSc1nccc(C)n1)C(=O)OC. The summed E-state index contributed by atoms with van der Waals surface area (Å²) in [5, 5.41) is 3.66. The molecule has 0 fully saturated rings. The van der Waals surface area contributed by atoms with Crippen LogP contribution in [0.25, 0.3) is 0 Å². The number of carbonyl (C=O) groups is 1. The summed E-state index contributed by atoms with van der Waals surface area (Å²) in [6, 6.07) is 1.59. The van der Waals surface area contributed by atoms with Gasteiger partial charge in [-0.2, -0.15) is 0 Å². The Hall–Kier alpha value is -1.14. The average molecular weight is 255 g/mol. The first-order valence-corrected chi connectivity index (χ1v) is 6.33. The van der Waals surface area contributed by atoms with Crippen LogP contribution in [0.5, 0.6) is 0 Å². The van der Waals surface area contributed by atoms with E-state index in [1.54, 1.807) is 13.2 Å². The number of ether oxygens (including phenoxy) is 1. The van der Waals surface area contributed by atoms with Crippen LogP contribution >= 0.6 is 11.8 Å². The van der Waals surface area contributed by atoms with Gasteiger partial charge in [-0.05, 0) is 26.5 Å². The minimum atomic E-state index is -0.266. The lowest BCUT2D eigenvalue weighted by Gasteiger charge is -2.12. The number of likely N-dealkylation sites (N-methyl/N-ethyl adjacent to an activating group) is 1. The van der Waals surface area contributed by atoms with Gasteiger partial charge in [0.2, 0.25) is 0 Å². The van der Waals surface area contributed by atoms with Crippen LogP contribution in [0.1, 0.15) is 12.1 Å². The quantitative estimate of drug-likeness (QED) is 0.465. The summed E-state index contributed by atoms with van der Waals surface area (Å²) in [6.45, 7) is 1.93. The molecule has 1 N–H and O–H groups in total. The number of rotatable bonds is 6. The summed E-state index contributed by atoms with van der Waals surface area (Å²) in [6.07, 6.45) is 2.42. The fraction of sp³-hybridized carbons (Fsp3) is 0.545. The highest BCUT2D eigenvalue weighted by atomic mass is 32.2. The van der Waals surface area contributed by atoms with E-state index in [2.05, 4.69) is 20.0 Å². The second kappa shape index (κ2) is 7.24. The Balaban J connectivity index is 2.38. The van der Waals surface area contributed by atoms with Crippen molar-refractivity contribution in [1.82, 2.24) is 15.3 Å². The zero-order chi connectivity index (χ0) is 12.7. The van der Waals surface area contributed by atoms with E-state index in [4.69, 9.17) is 0 Å². The minimum Gasteiger partial charge on any atom is -0.468 e. The molecular weight excluding hydrogens is 238 g/mol. The van der Waals surface area contributed by atoms with Crippen LogP contribution in [-0.4, -0.2) is 41.9 Å². The molecule has 94 valence electrons. The summed E-state index contributed by atoms with van der Waals surface area (Å²) in [7, 11) is 3.14. The zero-order valence-corrected chi connectivity index (χ0v) is 11.1. The van der Waals surface area contributed by atoms with Crippen LogP contribution < -0.4 is 5.32 Å². The topological polar surface area (TPSA) is 64.1 Å². The van der Waals surface area contributed by atoms with Crippen LogP contribution in [-0.2, 0) is 9.53 Å². The van der Waals surface area contributed by atoms with Crippen LogP contribution in [0, 0.1) is 6.92 Å². The molecule has 0 saturated heterocycles. The highest BCUT2D eigenvalue weighted by molar-refractivity contribution is 7.99. The third-order valence-electron chi connectivity index (χ3n) is 2.24. The Morgan fingerprint density at radius 2 is 2.41 bits per heavy atom. The van der Waals surface area contributed by atoms with Gasteiger partial charge in [-0.3, -0.25) is 4.79 Å². The largest absolute Gasteiger partial charge is 0.468 e. The van der Waals surface area contributed by atoms with E-state index in [-0.39, 0.29) is 12.0 Å². The highest BCUT2D eigenvalue weighted by Crippen LogP contribution is 2.14. The third-order valence-corrected chi connectivity index (χ3v) is 3.14. The molecule has 1 unspecified atom stereocenters. The maximum atomic E-state index is 11.3. The second-order valence-electron chi connectivity index (χ2n) is 3.48. The molecule has 1 atom stereocenters. The summed E-state index contributed by atoms with van der Waals surface area (Å²) >= 11 is 1.54. The molecule has 5 nitrogen and oxygen atoms in total. The van der Waals surface area contributed by atoms with Gasteiger partial charge in [-0.25, -0.2) is 9.97 Å². The Labute approximate surface area is 105 Å². The first-order chi connectivity index (χ1) is 8.17. The highest BCUT2D eigenvalue weighted by Gasteiger charge is 2.16. The number of nitrogens with zero attached hydrogens (tertiary/aromatic N) is 2. The summed E-state index contributed by atoms with van der Waals surface area (Å²) in [4.78, 5) is 19.7. The van der Waals surface area contributed by atoms with Crippen molar-refractivity contribution < 1.29 is 9.53 Å². The first-order valence-electron chi connectivity index (χ1n) is 5.35. The molecule has 0 aromatic carbocycles. The number of carbonyl (C=O) groups excluding carboxylic acids is 1. The zero-order valence-electron chi connectivity index (χ0n) is 10.3. The van der Waals surface area contributed by atoms with Crippen molar-refractivity contribution >= 4 is 17.7 Å². The number of aryl methyl sites for hydroxylation is 1. The van der Waals surface area contributed by atoms with Crippen molar-refractivity contribution in [2.75, 3.05) is 19.9 Å². The monoisotopic (exact) mass is 255 g/mol. The number of hydrogen-bond acceptors (Lipinski definition) is 6. The molecule has 0 aliphatic heterocycles. The first kappa shape index (κ1) is 13.9. The van der Waals surface area contributed by atoms with Crippen molar-refractivity contribution in [3.8, 4) is 0 Å². The van der Waals surface area contributed by atoms with Gasteiger partial charge < -0.3 is 10.1 Å². The predicted molar refractivity (Wildman–Crippen MR) is 67.0 cm³/mol. The number of hydrogen-bond donors (Lipinski definition) is 1. The molecule has 0 amide bonds. The summed E-state index contributed by atoms with van der Waals surface area (Å²) in [5.74, 6) is 0.530. The molecule has 0 saturated carbocycles. The number of thioether (sulfide) groups is 1. The lowest BCUT2D eigenvalue weighted by atomic mass is 10.2. The number of esters is 1. The molecule has 0 aliphatic rings. The van der Waals surface area contributed by atoms with E-state index in [0.29, 0.717) is 6.42 Å². The molecule has 6 heteroatoms. The Morgan fingerprint density at radius 3 is 3.00 bits per heavy atom. The van der Waals surface area contributed by atoms with Gasteiger partial charge in [-0.15, -0.1) is 0 Å². The van der Waals surface area contributed by atoms with Gasteiger partial charge in [0.1, 0.15) is 6.04 Å². The molecular formula is C11H17N3O2S. The van der Waals surface area contributed by atoms with Crippen LogP contribution in [0.3, 0.4) is 0 Å². The maximum Gasteiger partial charge on any atom is 0.322 e. The normalized spacial score (nSPS) is 12.2. The van der Waals surface area contributed by atoms with E-state index < -0.39 is 0 Å². The third kappa shape index (κ3) is 4.70. The number of nitrogens with one attached hydrogen (secondary N) is 1. The van der Waals surface area contributed by atoms with E-state index in [9.17, 15) is 4.79 Å². The van der Waals surface area contributed by atoms with E-state index >= 15 is 0 Å². The molecule has 1 aromatic heterocycles. The van der Waals surface area contributed by atoms with Crippen molar-refractivity contribution in [2.45, 2.75) is 24.5 Å². The molecule has 0 spiro atoms.